The highest BCUT2D eigenvalue weighted by Crippen LogP contribution is 2.24. The summed E-state index contributed by atoms with van der Waals surface area (Å²) in [7, 11) is 1.60. The van der Waals surface area contributed by atoms with E-state index in [1.165, 1.54) is 6.08 Å². The van der Waals surface area contributed by atoms with Crippen LogP contribution in [0.3, 0.4) is 0 Å². The number of rotatable bonds is 6. The molecule has 3 aromatic carbocycles. The fourth-order valence-corrected chi connectivity index (χ4v) is 4.37. The molecule has 2 amide bonds. The number of anilines is 2. The van der Waals surface area contributed by atoms with Gasteiger partial charge in [0.1, 0.15) is 5.75 Å². The van der Waals surface area contributed by atoms with Crippen LogP contribution < -0.4 is 15.0 Å². The molecule has 0 aliphatic carbocycles. The summed E-state index contributed by atoms with van der Waals surface area (Å²) in [6.45, 7) is 4.90. The molecule has 1 aliphatic rings. The minimum Gasteiger partial charge on any atom is -0.496 e. The van der Waals surface area contributed by atoms with E-state index in [2.05, 4.69) is 26.1 Å². The largest absolute Gasteiger partial charge is 0.496 e. The number of halogens is 1. The van der Waals surface area contributed by atoms with Crippen LogP contribution in [0, 0.1) is 6.92 Å². The molecule has 1 fully saturated rings. The Balaban J connectivity index is 1.31. The monoisotopic (exact) mass is 533 g/mol. The van der Waals surface area contributed by atoms with Gasteiger partial charge in [0.05, 0.1) is 7.11 Å². The van der Waals surface area contributed by atoms with Crippen LogP contribution in [0.4, 0.5) is 11.4 Å². The second-order valence-electron chi connectivity index (χ2n) is 8.40. The molecule has 3 aromatic rings. The highest BCUT2D eigenvalue weighted by atomic mass is 79.9. The van der Waals surface area contributed by atoms with Gasteiger partial charge in [-0.3, -0.25) is 9.59 Å². The number of piperazine rings is 1. The molecule has 0 aromatic heterocycles. The number of benzene rings is 3. The maximum Gasteiger partial charge on any atom is 0.253 e. The SMILES string of the molecule is COc1ccc(Br)cc1C=CC(=O)Nc1ccc(N2CCN(C(=O)c3ccc(C)cc3)CC2)cc1. The van der Waals surface area contributed by atoms with E-state index < -0.39 is 0 Å². The minimum atomic E-state index is -0.219. The fourth-order valence-electron chi connectivity index (χ4n) is 3.99. The second kappa shape index (κ2) is 11.2. The van der Waals surface area contributed by atoms with Crippen LogP contribution in [0.15, 0.2) is 77.3 Å². The number of nitrogens with one attached hydrogen (secondary N) is 1. The van der Waals surface area contributed by atoms with Gasteiger partial charge in [-0.15, -0.1) is 0 Å². The van der Waals surface area contributed by atoms with Crippen LogP contribution in [0.25, 0.3) is 6.08 Å². The van der Waals surface area contributed by atoms with Crippen molar-refractivity contribution in [1.29, 1.82) is 0 Å². The molecule has 0 saturated carbocycles. The Kier molecular flexibility index (Phi) is 7.87. The lowest BCUT2D eigenvalue weighted by atomic mass is 10.1. The third-order valence-corrected chi connectivity index (χ3v) is 6.46. The van der Waals surface area contributed by atoms with Crippen molar-refractivity contribution in [2.75, 3.05) is 43.5 Å². The average Bonchev–Trinajstić information content (AvgIpc) is 2.88. The smallest absolute Gasteiger partial charge is 0.253 e. The van der Waals surface area contributed by atoms with Crippen LogP contribution in [0.2, 0.25) is 0 Å². The summed E-state index contributed by atoms with van der Waals surface area (Å²) in [6, 6.07) is 21.1. The van der Waals surface area contributed by atoms with Crippen LogP contribution >= 0.6 is 15.9 Å². The molecule has 1 saturated heterocycles. The van der Waals surface area contributed by atoms with E-state index in [-0.39, 0.29) is 11.8 Å². The van der Waals surface area contributed by atoms with E-state index in [0.29, 0.717) is 18.8 Å². The molecule has 0 radical (unpaired) electrons. The maximum absolute atomic E-state index is 12.8. The number of ether oxygens (including phenoxy) is 1. The Hall–Kier alpha value is -3.58. The lowest BCUT2D eigenvalue weighted by molar-refractivity contribution is -0.111. The Morgan fingerprint density at radius 3 is 2.29 bits per heavy atom. The predicted molar refractivity (Wildman–Crippen MR) is 144 cm³/mol. The van der Waals surface area contributed by atoms with Crippen molar-refractivity contribution in [3.63, 3.8) is 0 Å². The van der Waals surface area contributed by atoms with Crippen molar-refractivity contribution < 1.29 is 14.3 Å². The lowest BCUT2D eigenvalue weighted by Crippen LogP contribution is -2.48. The van der Waals surface area contributed by atoms with Gasteiger partial charge in [-0.1, -0.05) is 33.6 Å². The fraction of sp³-hybridized carbons (Fsp3) is 0.214. The minimum absolute atomic E-state index is 0.0799. The van der Waals surface area contributed by atoms with Gasteiger partial charge in [-0.2, -0.15) is 0 Å². The molecule has 1 aliphatic heterocycles. The van der Waals surface area contributed by atoms with E-state index in [1.807, 2.05) is 78.6 Å². The Bertz CT molecular complexity index is 1220. The van der Waals surface area contributed by atoms with Crippen LogP contribution in [0.5, 0.6) is 5.75 Å². The lowest BCUT2D eigenvalue weighted by Gasteiger charge is -2.36. The van der Waals surface area contributed by atoms with Crippen molar-refractivity contribution in [2.24, 2.45) is 0 Å². The molecular weight excluding hydrogens is 506 g/mol. The maximum atomic E-state index is 12.8. The number of methoxy groups -OCH3 is 1. The first-order valence-electron chi connectivity index (χ1n) is 11.5. The van der Waals surface area contributed by atoms with E-state index in [1.54, 1.807) is 13.2 Å². The van der Waals surface area contributed by atoms with Crippen molar-refractivity contribution in [3.8, 4) is 5.75 Å². The normalized spacial score (nSPS) is 13.7. The zero-order chi connectivity index (χ0) is 24.8. The summed E-state index contributed by atoms with van der Waals surface area (Å²) < 4.78 is 6.25. The van der Waals surface area contributed by atoms with Crippen molar-refractivity contribution >= 4 is 45.2 Å². The molecule has 35 heavy (non-hydrogen) atoms. The highest BCUT2D eigenvalue weighted by molar-refractivity contribution is 9.10. The molecule has 0 spiro atoms. The van der Waals surface area contributed by atoms with Crippen LogP contribution in [0.1, 0.15) is 21.5 Å². The number of carbonyl (C=O) groups excluding carboxylic acids is 2. The summed E-state index contributed by atoms with van der Waals surface area (Å²) in [4.78, 5) is 29.3. The Morgan fingerprint density at radius 1 is 0.943 bits per heavy atom. The third-order valence-electron chi connectivity index (χ3n) is 5.97. The first kappa shape index (κ1) is 24.5. The highest BCUT2D eigenvalue weighted by Gasteiger charge is 2.22. The number of aryl methyl sites for hydroxylation is 1. The second-order valence-corrected chi connectivity index (χ2v) is 9.32. The molecule has 4 rings (SSSR count). The number of carbonyl (C=O) groups is 2. The molecule has 6 nitrogen and oxygen atoms in total. The molecule has 180 valence electrons. The molecule has 0 atom stereocenters. The van der Waals surface area contributed by atoms with Gasteiger partial charge >= 0.3 is 0 Å². The Labute approximate surface area is 214 Å². The van der Waals surface area contributed by atoms with Crippen LogP contribution in [-0.2, 0) is 4.79 Å². The van der Waals surface area contributed by atoms with E-state index in [0.717, 1.165) is 45.6 Å². The molecule has 0 bridgehead atoms. The number of nitrogens with zero attached hydrogens (tertiary/aromatic N) is 2. The number of amides is 2. The number of hydrogen-bond donors (Lipinski definition) is 1. The van der Waals surface area contributed by atoms with Crippen molar-refractivity contribution in [1.82, 2.24) is 4.90 Å². The van der Waals surface area contributed by atoms with Crippen LogP contribution in [-0.4, -0.2) is 50.0 Å². The van der Waals surface area contributed by atoms with Gasteiger partial charge in [0.25, 0.3) is 5.91 Å². The van der Waals surface area contributed by atoms with Gasteiger partial charge in [0, 0.05) is 59.2 Å². The van der Waals surface area contributed by atoms with E-state index in [9.17, 15) is 9.59 Å². The topological polar surface area (TPSA) is 61.9 Å². The van der Waals surface area contributed by atoms with Crippen molar-refractivity contribution in [3.05, 3.63) is 94.0 Å². The average molecular weight is 534 g/mol. The first-order valence-corrected chi connectivity index (χ1v) is 12.3. The quantitative estimate of drug-likeness (QED) is 0.432. The van der Waals surface area contributed by atoms with Gasteiger partial charge in [-0.05, 0) is 67.6 Å². The summed E-state index contributed by atoms with van der Waals surface area (Å²) in [5.74, 6) is 0.557. The summed E-state index contributed by atoms with van der Waals surface area (Å²) in [6.07, 6.45) is 3.22. The zero-order valence-electron chi connectivity index (χ0n) is 19.8. The van der Waals surface area contributed by atoms with E-state index in [4.69, 9.17) is 4.74 Å². The summed E-state index contributed by atoms with van der Waals surface area (Å²) in [5.41, 5.74) is 4.48. The molecule has 0 unspecified atom stereocenters. The molecule has 1 heterocycles. The predicted octanol–water partition coefficient (Wildman–Crippen LogP) is 5.38. The molecular formula is C28H28BrN3O3. The Morgan fingerprint density at radius 2 is 1.63 bits per heavy atom. The third kappa shape index (κ3) is 6.31. The van der Waals surface area contributed by atoms with E-state index >= 15 is 0 Å². The van der Waals surface area contributed by atoms with Gasteiger partial charge in [-0.25, -0.2) is 0 Å². The van der Waals surface area contributed by atoms with Gasteiger partial charge < -0.3 is 19.9 Å². The summed E-state index contributed by atoms with van der Waals surface area (Å²) >= 11 is 3.44. The standard InChI is InChI=1S/C28H28BrN3O3/c1-20-3-5-21(6-4-20)28(34)32-17-15-31(16-18-32)25-11-9-24(10-12-25)30-27(33)14-7-22-19-23(29)8-13-26(22)35-2/h3-14,19H,15-18H2,1-2H3,(H,30,33). The summed E-state index contributed by atoms with van der Waals surface area (Å²) in [5, 5.41) is 2.89. The number of hydrogen-bond acceptors (Lipinski definition) is 4. The zero-order valence-corrected chi connectivity index (χ0v) is 21.4. The van der Waals surface area contributed by atoms with Crippen molar-refractivity contribution in [2.45, 2.75) is 6.92 Å². The molecule has 7 heteroatoms. The van der Waals surface area contributed by atoms with Gasteiger partial charge in [0.2, 0.25) is 5.91 Å². The van der Waals surface area contributed by atoms with Gasteiger partial charge in [0.15, 0.2) is 0 Å². The first-order chi connectivity index (χ1) is 16.9. The molecule has 1 N–H and O–H groups in total.